The lowest BCUT2D eigenvalue weighted by molar-refractivity contribution is -0.384. The van der Waals surface area contributed by atoms with Crippen molar-refractivity contribution >= 4 is 17.5 Å². The van der Waals surface area contributed by atoms with Crippen LogP contribution in [0.5, 0.6) is 0 Å². The zero-order chi connectivity index (χ0) is 11.4. The fourth-order valence-corrected chi connectivity index (χ4v) is 1.11. The van der Waals surface area contributed by atoms with Crippen LogP contribution in [0.1, 0.15) is 5.56 Å². The molecular formula is C9H10FN3O2. The van der Waals surface area contributed by atoms with Crippen LogP contribution in [-0.4, -0.2) is 11.5 Å². The maximum atomic E-state index is 13.0. The van der Waals surface area contributed by atoms with Crippen molar-refractivity contribution in [3.8, 4) is 0 Å². The molecule has 0 aliphatic carbocycles. The lowest BCUT2D eigenvalue weighted by Crippen LogP contribution is -1.99. The van der Waals surface area contributed by atoms with Crippen LogP contribution in [0, 0.1) is 15.9 Å². The number of nitro benzene ring substituents is 1. The third kappa shape index (κ3) is 2.50. The molecule has 0 saturated heterocycles. The second-order valence-corrected chi connectivity index (χ2v) is 2.82. The molecule has 0 heterocycles. The second-order valence-electron chi connectivity index (χ2n) is 2.82. The third-order valence-corrected chi connectivity index (χ3v) is 1.79. The highest BCUT2D eigenvalue weighted by Crippen LogP contribution is 2.27. The smallest absolute Gasteiger partial charge is 0.295 e. The topological polar surface area (TPSA) is 95.2 Å². The SMILES string of the molecule is NCC=Cc1cc(F)cc([N+](=O)[O-])c1N. The molecule has 0 atom stereocenters. The van der Waals surface area contributed by atoms with Crippen molar-refractivity contribution in [3.63, 3.8) is 0 Å². The van der Waals surface area contributed by atoms with Crippen molar-refractivity contribution in [2.45, 2.75) is 0 Å². The normalized spacial score (nSPS) is 10.8. The Labute approximate surface area is 85.3 Å². The van der Waals surface area contributed by atoms with Crippen molar-refractivity contribution in [3.05, 3.63) is 39.7 Å². The van der Waals surface area contributed by atoms with E-state index >= 15 is 0 Å². The second kappa shape index (κ2) is 4.52. The Hall–Kier alpha value is -1.95. The summed E-state index contributed by atoms with van der Waals surface area (Å²) in [6, 6.07) is 1.91. The minimum Gasteiger partial charge on any atom is -0.393 e. The Balaban J connectivity index is 3.28. The number of nitro groups is 1. The maximum Gasteiger partial charge on any atom is 0.295 e. The molecule has 0 fully saturated rings. The van der Waals surface area contributed by atoms with Gasteiger partial charge in [-0.15, -0.1) is 0 Å². The Kier molecular flexibility index (Phi) is 3.35. The molecule has 80 valence electrons. The lowest BCUT2D eigenvalue weighted by atomic mass is 10.1. The van der Waals surface area contributed by atoms with Crippen LogP contribution in [-0.2, 0) is 0 Å². The van der Waals surface area contributed by atoms with Gasteiger partial charge >= 0.3 is 0 Å². The fraction of sp³-hybridized carbons (Fsp3) is 0.111. The van der Waals surface area contributed by atoms with Crippen LogP contribution < -0.4 is 11.5 Å². The van der Waals surface area contributed by atoms with Gasteiger partial charge in [-0.1, -0.05) is 12.2 Å². The van der Waals surface area contributed by atoms with Gasteiger partial charge in [0.05, 0.1) is 11.0 Å². The quantitative estimate of drug-likeness (QED) is 0.447. The first-order valence-corrected chi connectivity index (χ1v) is 4.16. The van der Waals surface area contributed by atoms with E-state index in [0.29, 0.717) is 0 Å². The molecule has 4 N–H and O–H groups in total. The highest BCUT2D eigenvalue weighted by atomic mass is 19.1. The predicted molar refractivity (Wildman–Crippen MR) is 55.6 cm³/mol. The van der Waals surface area contributed by atoms with Gasteiger partial charge in [0, 0.05) is 12.1 Å². The van der Waals surface area contributed by atoms with Gasteiger partial charge < -0.3 is 11.5 Å². The molecule has 0 spiro atoms. The summed E-state index contributed by atoms with van der Waals surface area (Å²) in [5.41, 5.74) is 10.5. The minimum atomic E-state index is -0.724. The molecule has 0 amide bonds. The molecule has 0 aromatic heterocycles. The monoisotopic (exact) mass is 211 g/mol. The number of rotatable bonds is 3. The van der Waals surface area contributed by atoms with E-state index in [9.17, 15) is 14.5 Å². The highest BCUT2D eigenvalue weighted by Gasteiger charge is 2.15. The molecule has 0 saturated carbocycles. The summed E-state index contributed by atoms with van der Waals surface area (Å²) in [6.07, 6.45) is 2.99. The summed E-state index contributed by atoms with van der Waals surface area (Å²) in [6.45, 7) is 0.254. The summed E-state index contributed by atoms with van der Waals surface area (Å²) in [5, 5.41) is 10.5. The predicted octanol–water partition coefficient (Wildman–Crippen LogP) is 1.29. The maximum absolute atomic E-state index is 13.0. The molecule has 15 heavy (non-hydrogen) atoms. The number of hydrogen-bond donors (Lipinski definition) is 2. The van der Waals surface area contributed by atoms with E-state index in [1.54, 1.807) is 0 Å². The average Bonchev–Trinajstić information content (AvgIpc) is 2.18. The Morgan fingerprint density at radius 3 is 2.73 bits per heavy atom. The molecule has 0 unspecified atom stereocenters. The average molecular weight is 211 g/mol. The molecule has 0 aliphatic rings. The Morgan fingerprint density at radius 1 is 1.53 bits per heavy atom. The van der Waals surface area contributed by atoms with Gasteiger partial charge in [0.2, 0.25) is 0 Å². The summed E-state index contributed by atoms with van der Waals surface area (Å²) in [4.78, 5) is 9.79. The molecule has 0 radical (unpaired) electrons. The van der Waals surface area contributed by atoms with Gasteiger partial charge in [-0.05, 0) is 6.07 Å². The van der Waals surface area contributed by atoms with E-state index in [2.05, 4.69) is 0 Å². The van der Waals surface area contributed by atoms with Gasteiger partial charge in [0.1, 0.15) is 11.5 Å². The number of nitrogen functional groups attached to an aromatic ring is 1. The molecule has 1 rings (SSSR count). The minimum absolute atomic E-state index is 0.0638. The third-order valence-electron chi connectivity index (χ3n) is 1.79. The Bertz CT molecular complexity index is 418. The van der Waals surface area contributed by atoms with E-state index < -0.39 is 16.4 Å². The summed E-state index contributed by atoms with van der Waals surface area (Å²) in [7, 11) is 0. The summed E-state index contributed by atoms with van der Waals surface area (Å²) < 4.78 is 13.0. The van der Waals surface area contributed by atoms with Gasteiger partial charge in [0.25, 0.3) is 5.69 Å². The Morgan fingerprint density at radius 2 is 2.20 bits per heavy atom. The number of nitrogens with zero attached hydrogens (tertiary/aromatic N) is 1. The summed E-state index contributed by atoms with van der Waals surface area (Å²) >= 11 is 0. The molecule has 1 aromatic carbocycles. The number of halogens is 1. The van der Waals surface area contributed by atoms with E-state index in [0.717, 1.165) is 12.1 Å². The number of nitrogens with two attached hydrogens (primary N) is 2. The van der Waals surface area contributed by atoms with Crippen LogP contribution in [0.3, 0.4) is 0 Å². The van der Waals surface area contributed by atoms with Gasteiger partial charge in [-0.3, -0.25) is 10.1 Å². The van der Waals surface area contributed by atoms with Crippen LogP contribution in [0.2, 0.25) is 0 Å². The largest absolute Gasteiger partial charge is 0.393 e. The van der Waals surface area contributed by atoms with Crippen LogP contribution >= 0.6 is 0 Å². The van der Waals surface area contributed by atoms with Crippen molar-refractivity contribution in [2.75, 3.05) is 12.3 Å². The fourth-order valence-electron chi connectivity index (χ4n) is 1.11. The molecule has 0 bridgehead atoms. The molecule has 0 aliphatic heterocycles. The van der Waals surface area contributed by atoms with Crippen molar-refractivity contribution in [1.29, 1.82) is 0 Å². The standard InChI is InChI=1S/C9H10FN3O2/c10-7-4-6(2-1-3-11)9(12)8(5-7)13(14)15/h1-2,4-5H,3,11-12H2. The number of hydrogen-bond acceptors (Lipinski definition) is 4. The van der Waals surface area contributed by atoms with Gasteiger partial charge in [-0.2, -0.15) is 0 Å². The number of anilines is 1. The summed E-state index contributed by atoms with van der Waals surface area (Å²) in [5.74, 6) is -0.701. The number of benzene rings is 1. The van der Waals surface area contributed by atoms with E-state index in [1.807, 2.05) is 0 Å². The first-order valence-electron chi connectivity index (χ1n) is 4.16. The van der Waals surface area contributed by atoms with Crippen molar-refractivity contribution < 1.29 is 9.31 Å². The molecule has 5 nitrogen and oxygen atoms in total. The lowest BCUT2D eigenvalue weighted by Gasteiger charge is -2.01. The first kappa shape index (κ1) is 11.1. The van der Waals surface area contributed by atoms with Crippen LogP contribution in [0.25, 0.3) is 6.08 Å². The van der Waals surface area contributed by atoms with Crippen molar-refractivity contribution in [1.82, 2.24) is 0 Å². The highest BCUT2D eigenvalue weighted by molar-refractivity contribution is 5.73. The first-order chi connectivity index (χ1) is 7.06. The van der Waals surface area contributed by atoms with E-state index in [-0.39, 0.29) is 17.8 Å². The van der Waals surface area contributed by atoms with Crippen molar-refractivity contribution in [2.24, 2.45) is 5.73 Å². The van der Waals surface area contributed by atoms with E-state index in [4.69, 9.17) is 11.5 Å². The van der Waals surface area contributed by atoms with E-state index in [1.165, 1.54) is 12.2 Å². The van der Waals surface area contributed by atoms with Crippen LogP contribution in [0.4, 0.5) is 15.8 Å². The molecular weight excluding hydrogens is 201 g/mol. The zero-order valence-electron chi connectivity index (χ0n) is 7.81. The van der Waals surface area contributed by atoms with Gasteiger partial charge in [0.15, 0.2) is 0 Å². The molecule has 1 aromatic rings. The van der Waals surface area contributed by atoms with Crippen LogP contribution in [0.15, 0.2) is 18.2 Å². The van der Waals surface area contributed by atoms with Gasteiger partial charge in [-0.25, -0.2) is 4.39 Å². The zero-order valence-corrected chi connectivity index (χ0v) is 7.81. The molecule has 6 heteroatoms.